The number of rotatable bonds is 7. The second kappa shape index (κ2) is 6.62. The molecular weight excluding hydrogens is 369 g/mol. The van der Waals surface area contributed by atoms with Crippen LogP contribution < -0.4 is 0 Å². The Hall–Kier alpha value is -1.38. The van der Waals surface area contributed by atoms with E-state index in [1.165, 1.54) is 0 Å². The SMILES string of the molecule is COC(=O)C(F)(OC(F)(F)C(F)(F)OC(F)C(F)F)C(F)(F)F. The molecule has 15 heteroatoms. The first-order valence-electron chi connectivity index (χ1n) is 4.91. The standard InChI is InChI=1S/C8H5F11O4/c1-21-4(20)5(12,6(13,14)15)23-8(18,19)7(16,17)22-3(11)2(9)10/h2-3H,1H3. The van der Waals surface area contributed by atoms with Crippen molar-refractivity contribution in [3.05, 3.63) is 0 Å². The van der Waals surface area contributed by atoms with Gasteiger partial charge < -0.3 is 4.74 Å². The number of methoxy groups -OCH3 is 1. The largest absolute Gasteiger partial charge is 0.465 e. The van der Waals surface area contributed by atoms with Gasteiger partial charge >= 0.3 is 30.2 Å². The van der Waals surface area contributed by atoms with Gasteiger partial charge in [0.25, 0.3) is 12.8 Å². The molecule has 0 bridgehead atoms. The highest BCUT2D eigenvalue weighted by Gasteiger charge is 2.74. The van der Waals surface area contributed by atoms with Crippen LogP contribution in [0.25, 0.3) is 0 Å². The van der Waals surface area contributed by atoms with Crippen molar-refractivity contribution < 1.29 is 67.3 Å². The summed E-state index contributed by atoms with van der Waals surface area (Å²) in [6.45, 7) is 0. The number of alkyl halides is 11. The van der Waals surface area contributed by atoms with Gasteiger partial charge in [-0.1, -0.05) is 0 Å². The molecule has 2 unspecified atom stereocenters. The summed E-state index contributed by atoms with van der Waals surface area (Å²) in [6, 6.07) is 0. The third-order valence-electron chi connectivity index (χ3n) is 1.88. The molecule has 0 aliphatic carbocycles. The van der Waals surface area contributed by atoms with Gasteiger partial charge in [-0.05, 0) is 0 Å². The van der Waals surface area contributed by atoms with Crippen molar-refractivity contribution in [3.8, 4) is 0 Å². The molecule has 138 valence electrons. The Morgan fingerprint density at radius 3 is 1.61 bits per heavy atom. The van der Waals surface area contributed by atoms with E-state index in [1.807, 2.05) is 0 Å². The lowest BCUT2D eigenvalue weighted by Gasteiger charge is -2.32. The zero-order valence-electron chi connectivity index (χ0n) is 10.4. The summed E-state index contributed by atoms with van der Waals surface area (Å²) >= 11 is 0. The molecule has 0 aromatic rings. The normalized spacial score (nSPS) is 17.8. The monoisotopic (exact) mass is 374 g/mol. The summed E-state index contributed by atoms with van der Waals surface area (Å²) < 4.78 is 144. The Morgan fingerprint density at radius 2 is 1.30 bits per heavy atom. The Kier molecular flexibility index (Phi) is 6.23. The average Bonchev–Trinajstić information content (AvgIpc) is 2.34. The molecule has 0 spiro atoms. The molecule has 0 rings (SSSR count). The summed E-state index contributed by atoms with van der Waals surface area (Å²) in [7, 11) is 0.0624. The van der Waals surface area contributed by atoms with Gasteiger partial charge in [-0.3, -0.25) is 9.47 Å². The molecule has 0 fully saturated rings. The highest BCUT2D eigenvalue weighted by molar-refractivity contribution is 5.78. The van der Waals surface area contributed by atoms with Gasteiger partial charge in [-0.2, -0.15) is 35.1 Å². The zero-order valence-corrected chi connectivity index (χ0v) is 10.4. The third-order valence-corrected chi connectivity index (χ3v) is 1.88. The van der Waals surface area contributed by atoms with Crippen LogP contribution in [-0.2, 0) is 19.0 Å². The Morgan fingerprint density at radius 1 is 0.870 bits per heavy atom. The minimum Gasteiger partial charge on any atom is -0.465 e. The third kappa shape index (κ3) is 4.55. The summed E-state index contributed by atoms with van der Waals surface area (Å²) in [4.78, 5) is 10.6. The quantitative estimate of drug-likeness (QED) is 0.507. The average molecular weight is 374 g/mol. The van der Waals surface area contributed by atoms with Crippen molar-refractivity contribution in [1.82, 2.24) is 0 Å². The van der Waals surface area contributed by atoms with Crippen LogP contribution in [0.4, 0.5) is 48.3 Å². The van der Waals surface area contributed by atoms with E-state index in [9.17, 15) is 53.1 Å². The summed E-state index contributed by atoms with van der Waals surface area (Å²) in [5.41, 5.74) is 0. The van der Waals surface area contributed by atoms with Gasteiger partial charge in [0.15, 0.2) is 0 Å². The summed E-state index contributed by atoms with van der Waals surface area (Å²) in [6.07, 6.45) is -28.6. The fraction of sp³-hybridized carbons (Fsp3) is 0.875. The summed E-state index contributed by atoms with van der Waals surface area (Å²) in [5.74, 6) is -9.33. The minimum atomic E-state index is -6.69. The molecule has 0 aliphatic heterocycles. The lowest BCUT2D eigenvalue weighted by Crippen LogP contribution is -2.59. The van der Waals surface area contributed by atoms with Crippen LogP contribution >= 0.6 is 0 Å². The number of ether oxygens (including phenoxy) is 3. The van der Waals surface area contributed by atoms with Crippen molar-refractivity contribution in [1.29, 1.82) is 0 Å². The van der Waals surface area contributed by atoms with E-state index in [-0.39, 0.29) is 7.11 Å². The van der Waals surface area contributed by atoms with Crippen molar-refractivity contribution in [3.63, 3.8) is 0 Å². The van der Waals surface area contributed by atoms with Gasteiger partial charge in [0.2, 0.25) is 0 Å². The van der Waals surface area contributed by atoms with Crippen LogP contribution in [0.1, 0.15) is 0 Å². The molecule has 0 aromatic carbocycles. The van der Waals surface area contributed by atoms with Crippen molar-refractivity contribution >= 4 is 5.97 Å². The Labute approximate surface area is 119 Å². The second-order valence-electron chi connectivity index (χ2n) is 3.52. The molecule has 0 aliphatic rings. The molecular formula is C8H5F11O4. The van der Waals surface area contributed by atoms with Crippen LogP contribution in [0.2, 0.25) is 0 Å². The summed E-state index contributed by atoms with van der Waals surface area (Å²) in [5, 5.41) is 0. The van der Waals surface area contributed by atoms with E-state index in [0.29, 0.717) is 0 Å². The first-order chi connectivity index (χ1) is 10.0. The molecule has 0 amide bonds. The number of halogens is 11. The van der Waals surface area contributed by atoms with Gasteiger partial charge in [-0.25, -0.2) is 18.0 Å². The Bertz CT molecular complexity index is 423. The number of hydrogen-bond donors (Lipinski definition) is 0. The second-order valence-corrected chi connectivity index (χ2v) is 3.52. The van der Waals surface area contributed by atoms with Crippen LogP contribution in [0.3, 0.4) is 0 Å². The number of carbonyl (C=O) groups excluding carboxylic acids is 1. The molecule has 23 heavy (non-hydrogen) atoms. The maximum atomic E-state index is 13.3. The molecule has 0 radical (unpaired) electrons. The topological polar surface area (TPSA) is 44.8 Å². The minimum absolute atomic E-state index is 0.0624. The van der Waals surface area contributed by atoms with E-state index >= 15 is 0 Å². The maximum Gasteiger partial charge on any atom is 0.460 e. The van der Waals surface area contributed by atoms with E-state index in [1.54, 1.807) is 0 Å². The molecule has 2 atom stereocenters. The van der Waals surface area contributed by atoms with Crippen LogP contribution in [0.15, 0.2) is 0 Å². The maximum absolute atomic E-state index is 13.3. The van der Waals surface area contributed by atoms with E-state index in [2.05, 4.69) is 14.2 Å². The van der Waals surface area contributed by atoms with E-state index in [0.717, 1.165) is 0 Å². The van der Waals surface area contributed by atoms with Crippen molar-refractivity contribution in [2.45, 2.75) is 37.0 Å². The molecule has 0 saturated carbocycles. The first-order valence-corrected chi connectivity index (χ1v) is 4.91. The number of hydrogen-bond acceptors (Lipinski definition) is 4. The van der Waals surface area contributed by atoms with Crippen LogP contribution in [-0.4, -0.2) is 50.1 Å². The number of esters is 1. The molecule has 0 N–H and O–H groups in total. The molecule has 4 nitrogen and oxygen atoms in total. The molecule has 0 aromatic heterocycles. The highest BCUT2D eigenvalue weighted by atomic mass is 19.4. The highest BCUT2D eigenvalue weighted by Crippen LogP contribution is 2.46. The fourth-order valence-corrected chi connectivity index (χ4v) is 0.844. The predicted octanol–water partition coefficient (Wildman–Crippen LogP) is 3.17. The van der Waals surface area contributed by atoms with Crippen molar-refractivity contribution in [2.24, 2.45) is 0 Å². The predicted molar refractivity (Wildman–Crippen MR) is 44.9 cm³/mol. The van der Waals surface area contributed by atoms with Gasteiger partial charge in [-0.15, -0.1) is 0 Å². The van der Waals surface area contributed by atoms with Crippen molar-refractivity contribution in [2.75, 3.05) is 7.11 Å². The zero-order chi connectivity index (χ0) is 18.9. The van der Waals surface area contributed by atoms with Crippen LogP contribution in [0, 0.1) is 0 Å². The lowest BCUT2D eigenvalue weighted by atomic mass is 10.3. The van der Waals surface area contributed by atoms with E-state index in [4.69, 9.17) is 0 Å². The number of carbonyl (C=O) groups is 1. The molecule has 0 heterocycles. The first kappa shape index (κ1) is 21.6. The van der Waals surface area contributed by atoms with Gasteiger partial charge in [0, 0.05) is 0 Å². The molecule has 0 saturated heterocycles. The van der Waals surface area contributed by atoms with Crippen LogP contribution in [0.5, 0.6) is 0 Å². The fourth-order valence-electron chi connectivity index (χ4n) is 0.844. The smallest absolute Gasteiger partial charge is 0.460 e. The van der Waals surface area contributed by atoms with Gasteiger partial charge in [0.1, 0.15) is 0 Å². The van der Waals surface area contributed by atoms with E-state index < -0.39 is 43.0 Å². The van der Waals surface area contributed by atoms with Gasteiger partial charge in [0.05, 0.1) is 7.11 Å². The Balaban J connectivity index is 5.60. The lowest BCUT2D eigenvalue weighted by molar-refractivity contribution is -0.494.